The minimum atomic E-state index is -0.412. The van der Waals surface area contributed by atoms with Gasteiger partial charge in [-0.15, -0.1) is 16.7 Å². The summed E-state index contributed by atoms with van der Waals surface area (Å²) in [5.74, 6) is -0.122. The van der Waals surface area contributed by atoms with Gasteiger partial charge in [0.15, 0.2) is 5.82 Å². The molecular formula is C10H7ClFN3. The highest BCUT2D eigenvalue weighted by molar-refractivity contribution is 6.16. The highest BCUT2D eigenvalue weighted by Gasteiger charge is 2.07. The van der Waals surface area contributed by atoms with Crippen LogP contribution in [-0.2, 0) is 5.88 Å². The molecular weight excluding hydrogens is 217 g/mol. The van der Waals surface area contributed by atoms with Gasteiger partial charge in [0.1, 0.15) is 11.4 Å². The van der Waals surface area contributed by atoms with Crippen LogP contribution in [0.15, 0.2) is 30.5 Å². The minimum absolute atomic E-state index is 0.200. The zero-order chi connectivity index (χ0) is 10.7. The first kappa shape index (κ1) is 9.98. The van der Waals surface area contributed by atoms with Crippen LogP contribution in [0.25, 0.3) is 11.4 Å². The maximum Gasteiger partial charge on any atom is 0.151 e. The van der Waals surface area contributed by atoms with Gasteiger partial charge in [-0.05, 0) is 24.3 Å². The Morgan fingerprint density at radius 2 is 2.07 bits per heavy atom. The standard InChI is InChI=1S/C10H7ClFN3/c11-6-7-3-4-9(15-14-7)10-8(12)2-1-5-13-10/h1-5H,6H2. The highest BCUT2D eigenvalue weighted by atomic mass is 35.5. The Balaban J connectivity index is 2.42. The summed E-state index contributed by atoms with van der Waals surface area (Å²) in [4.78, 5) is 3.89. The van der Waals surface area contributed by atoms with Crippen molar-refractivity contribution in [1.29, 1.82) is 0 Å². The molecule has 0 fully saturated rings. The van der Waals surface area contributed by atoms with Crippen LogP contribution in [0.4, 0.5) is 4.39 Å². The van der Waals surface area contributed by atoms with Crippen LogP contribution in [0.1, 0.15) is 5.69 Å². The molecule has 0 N–H and O–H groups in total. The number of rotatable bonds is 2. The molecule has 76 valence electrons. The molecule has 0 radical (unpaired) electrons. The maximum absolute atomic E-state index is 13.3. The summed E-state index contributed by atoms with van der Waals surface area (Å²) in [6.45, 7) is 0. The first-order valence-electron chi connectivity index (χ1n) is 4.30. The van der Waals surface area contributed by atoms with E-state index in [0.717, 1.165) is 0 Å². The molecule has 0 saturated heterocycles. The van der Waals surface area contributed by atoms with Crippen LogP contribution in [0, 0.1) is 5.82 Å². The number of halogens is 2. The molecule has 0 aliphatic heterocycles. The monoisotopic (exact) mass is 223 g/mol. The van der Waals surface area contributed by atoms with Crippen molar-refractivity contribution in [3.8, 4) is 11.4 Å². The van der Waals surface area contributed by atoms with Crippen molar-refractivity contribution in [1.82, 2.24) is 15.2 Å². The number of hydrogen-bond acceptors (Lipinski definition) is 3. The third-order valence-electron chi connectivity index (χ3n) is 1.86. The average molecular weight is 224 g/mol. The Bertz CT molecular complexity index is 458. The summed E-state index contributed by atoms with van der Waals surface area (Å²) in [7, 11) is 0. The zero-order valence-corrected chi connectivity index (χ0v) is 8.45. The van der Waals surface area contributed by atoms with Crippen molar-refractivity contribution in [3.63, 3.8) is 0 Å². The lowest BCUT2D eigenvalue weighted by atomic mass is 10.2. The quantitative estimate of drug-likeness (QED) is 0.734. The van der Waals surface area contributed by atoms with E-state index in [0.29, 0.717) is 11.4 Å². The van der Waals surface area contributed by atoms with Crippen molar-refractivity contribution in [2.24, 2.45) is 0 Å². The van der Waals surface area contributed by atoms with Gasteiger partial charge in [0, 0.05) is 6.20 Å². The van der Waals surface area contributed by atoms with Crippen molar-refractivity contribution in [3.05, 3.63) is 42.0 Å². The fraction of sp³-hybridized carbons (Fsp3) is 0.100. The van der Waals surface area contributed by atoms with Crippen LogP contribution in [0.3, 0.4) is 0 Å². The van der Waals surface area contributed by atoms with Crippen LogP contribution in [-0.4, -0.2) is 15.2 Å². The van der Waals surface area contributed by atoms with Crippen LogP contribution >= 0.6 is 11.6 Å². The van der Waals surface area contributed by atoms with Gasteiger partial charge in [-0.3, -0.25) is 4.98 Å². The highest BCUT2D eigenvalue weighted by Crippen LogP contribution is 2.16. The van der Waals surface area contributed by atoms with Gasteiger partial charge in [0.25, 0.3) is 0 Å². The minimum Gasteiger partial charge on any atom is -0.251 e. The molecule has 0 unspecified atom stereocenters. The van der Waals surface area contributed by atoms with E-state index in [-0.39, 0.29) is 11.6 Å². The smallest absolute Gasteiger partial charge is 0.151 e. The fourth-order valence-corrected chi connectivity index (χ4v) is 1.27. The summed E-state index contributed by atoms with van der Waals surface area (Å²) in [5.41, 5.74) is 1.25. The number of nitrogens with zero attached hydrogens (tertiary/aromatic N) is 3. The predicted molar refractivity (Wildman–Crippen MR) is 54.8 cm³/mol. The van der Waals surface area contributed by atoms with Gasteiger partial charge >= 0.3 is 0 Å². The molecule has 15 heavy (non-hydrogen) atoms. The van der Waals surface area contributed by atoms with Gasteiger partial charge < -0.3 is 0 Å². The Hall–Kier alpha value is -1.55. The molecule has 5 heteroatoms. The Labute approximate surface area is 90.9 Å². The van der Waals surface area contributed by atoms with Gasteiger partial charge in [-0.25, -0.2) is 4.39 Å². The Morgan fingerprint density at radius 3 is 2.67 bits per heavy atom. The maximum atomic E-state index is 13.3. The van der Waals surface area contributed by atoms with Gasteiger partial charge in [-0.1, -0.05) is 0 Å². The van der Waals surface area contributed by atoms with Crippen LogP contribution in [0.5, 0.6) is 0 Å². The molecule has 0 saturated carbocycles. The topological polar surface area (TPSA) is 38.7 Å². The van der Waals surface area contributed by atoms with Crippen LogP contribution < -0.4 is 0 Å². The zero-order valence-electron chi connectivity index (χ0n) is 7.69. The fourth-order valence-electron chi connectivity index (χ4n) is 1.13. The van der Waals surface area contributed by atoms with E-state index in [2.05, 4.69) is 15.2 Å². The molecule has 2 aromatic rings. The van der Waals surface area contributed by atoms with Crippen molar-refractivity contribution < 1.29 is 4.39 Å². The SMILES string of the molecule is Fc1cccnc1-c1ccc(CCl)nn1. The molecule has 0 bridgehead atoms. The first-order chi connectivity index (χ1) is 7.31. The van der Waals surface area contributed by atoms with E-state index in [1.165, 1.54) is 18.3 Å². The first-order valence-corrected chi connectivity index (χ1v) is 4.84. The molecule has 0 amide bonds. The molecule has 2 heterocycles. The predicted octanol–water partition coefficient (Wildman–Crippen LogP) is 2.42. The molecule has 0 aliphatic carbocycles. The Kier molecular flexibility index (Phi) is 2.87. The van der Waals surface area contributed by atoms with Gasteiger partial charge in [-0.2, -0.15) is 5.10 Å². The summed E-state index contributed by atoms with van der Waals surface area (Å²) in [6.07, 6.45) is 1.51. The second-order valence-corrected chi connectivity index (χ2v) is 3.14. The summed E-state index contributed by atoms with van der Waals surface area (Å²) >= 11 is 5.56. The summed E-state index contributed by atoms with van der Waals surface area (Å²) in [5, 5.41) is 7.67. The number of aromatic nitrogens is 3. The molecule has 2 rings (SSSR count). The summed E-state index contributed by atoms with van der Waals surface area (Å²) < 4.78 is 13.3. The van der Waals surface area contributed by atoms with Gasteiger partial charge in [0.05, 0.1) is 11.6 Å². The Morgan fingerprint density at radius 1 is 1.20 bits per heavy atom. The van der Waals surface area contributed by atoms with E-state index in [4.69, 9.17) is 11.6 Å². The second-order valence-electron chi connectivity index (χ2n) is 2.88. The van der Waals surface area contributed by atoms with E-state index in [1.54, 1.807) is 12.1 Å². The molecule has 0 aromatic carbocycles. The van der Waals surface area contributed by atoms with Crippen molar-refractivity contribution in [2.75, 3.05) is 0 Å². The van der Waals surface area contributed by atoms with E-state index in [9.17, 15) is 4.39 Å². The normalized spacial score (nSPS) is 10.3. The average Bonchev–Trinajstić information content (AvgIpc) is 2.30. The second kappa shape index (κ2) is 4.31. The third kappa shape index (κ3) is 2.10. The lowest BCUT2D eigenvalue weighted by molar-refractivity contribution is 0.624. The lowest BCUT2D eigenvalue weighted by Gasteiger charge is -2.00. The van der Waals surface area contributed by atoms with E-state index < -0.39 is 5.82 Å². The molecule has 3 nitrogen and oxygen atoms in total. The van der Waals surface area contributed by atoms with Crippen molar-refractivity contribution in [2.45, 2.75) is 5.88 Å². The molecule has 2 aromatic heterocycles. The van der Waals surface area contributed by atoms with E-state index in [1.807, 2.05) is 0 Å². The summed E-state index contributed by atoms with van der Waals surface area (Å²) in [6, 6.07) is 6.21. The molecule has 0 atom stereocenters. The number of hydrogen-bond donors (Lipinski definition) is 0. The number of pyridine rings is 1. The molecule has 0 spiro atoms. The van der Waals surface area contributed by atoms with Crippen LogP contribution in [0.2, 0.25) is 0 Å². The van der Waals surface area contributed by atoms with E-state index >= 15 is 0 Å². The van der Waals surface area contributed by atoms with Crippen molar-refractivity contribution >= 4 is 11.6 Å². The molecule has 0 aliphatic rings. The largest absolute Gasteiger partial charge is 0.251 e. The third-order valence-corrected chi connectivity index (χ3v) is 2.13. The van der Waals surface area contributed by atoms with Gasteiger partial charge in [0.2, 0.25) is 0 Å². The number of alkyl halides is 1. The lowest BCUT2D eigenvalue weighted by Crippen LogP contribution is -1.95.